The number of hydrogen-bond donors (Lipinski definition) is 0. The first-order valence-corrected chi connectivity index (χ1v) is 7.22. The summed E-state index contributed by atoms with van der Waals surface area (Å²) in [5, 5.41) is 0. The lowest BCUT2D eigenvalue weighted by atomic mass is 9.89. The molecular weight excluding hydrogens is 192 g/mol. The van der Waals surface area contributed by atoms with Gasteiger partial charge in [0.25, 0.3) is 0 Å². The minimum atomic E-state index is 1.01. The molecule has 2 fully saturated rings. The van der Waals surface area contributed by atoms with Gasteiger partial charge in [0, 0.05) is 0 Å². The molecule has 0 bridgehead atoms. The molecule has 96 valence electrons. The van der Waals surface area contributed by atoms with Gasteiger partial charge in [-0.3, -0.25) is 0 Å². The third-order valence-electron chi connectivity index (χ3n) is 4.67. The molecule has 0 aliphatic heterocycles. The van der Waals surface area contributed by atoms with Gasteiger partial charge < -0.3 is 0 Å². The Morgan fingerprint density at radius 3 is 2.00 bits per heavy atom. The maximum Gasteiger partial charge on any atom is -0.0355 e. The van der Waals surface area contributed by atoms with E-state index in [1.807, 2.05) is 13.8 Å². The summed E-state index contributed by atoms with van der Waals surface area (Å²) in [7, 11) is 0. The molecule has 0 N–H and O–H groups in total. The highest BCUT2D eigenvalue weighted by molar-refractivity contribution is 4.93. The molecule has 2 rings (SSSR count). The van der Waals surface area contributed by atoms with E-state index < -0.39 is 0 Å². The summed E-state index contributed by atoms with van der Waals surface area (Å²) < 4.78 is 0. The van der Waals surface area contributed by atoms with Gasteiger partial charge in [-0.2, -0.15) is 0 Å². The minimum absolute atomic E-state index is 1.01. The van der Waals surface area contributed by atoms with E-state index in [1.54, 1.807) is 12.8 Å². The molecule has 0 spiro atoms. The highest BCUT2D eigenvalue weighted by atomic mass is 14.5. The molecule has 0 saturated heterocycles. The Morgan fingerprint density at radius 2 is 1.56 bits per heavy atom. The normalized spacial score (nSPS) is 40.2. The van der Waals surface area contributed by atoms with Crippen molar-refractivity contribution in [3.8, 4) is 0 Å². The largest absolute Gasteiger partial charge is 0.106 e. The van der Waals surface area contributed by atoms with Crippen LogP contribution < -0.4 is 0 Å². The molecule has 2 aliphatic rings. The van der Waals surface area contributed by atoms with E-state index in [2.05, 4.69) is 33.9 Å². The van der Waals surface area contributed by atoms with Crippen LogP contribution in [-0.2, 0) is 0 Å². The molecule has 2 saturated carbocycles. The van der Waals surface area contributed by atoms with Gasteiger partial charge in [-0.25, -0.2) is 0 Å². The van der Waals surface area contributed by atoms with Crippen LogP contribution >= 0.6 is 0 Å². The molecule has 0 heteroatoms. The van der Waals surface area contributed by atoms with Crippen LogP contribution in [0.15, 0.2) is 13.2 Å². The first-order chi connectivity index (χ1) is 7.72. The Bertz CT molecular complexity index is 173. The van der Waals surface area contributed by atoms with E-state index in [9.17, 15) is 0 Å². The zero-order chi connectivity index (χ0) is 12.7. The Kier molecular flexibility index (Phi) is 7.80. The summed E-state index contributed by atoms with van der Waals surface area (Å²) in [6.07, 6.45) is 6.05. The Balaban J connectivity index is 0.000000509. The number of fused-ring (bicyclic) bond motifs is 1. The smallest absolute Gasteiger partial charge is 0.0355 e. The van der Waals surface area contributed by atoms with Crippen molar-refractivity contribution in [1.82, 2.24) is 0 Å². The first kappa shape index (κ1) is 15.7. The van der Waals surface area contributed by atoms with Crippen LogP contribution in [0, 0.1) is 29.6 Å². The molecule has 16 heavy (non-hydrogen) atoms. The Hall–Kier alpha value is -0.260. The summed E-state index contributed by atoms with van der Waals surface area (Å²) in [6, 6.07) is 0. The summed E-state index contributed by atoms with van der Waals surface area (Å²) >= 11 is 0. The Morgan fingerprint density at radius 1 is 1.00 bits per heavy atom. The van der Waals surface area contributed by atoms with Crippen LogP contribution in [-0.4, -0.2) is 0 Å². The first-order valence-electron chi connectivity index (χ1n) is 7.22. The molecule has 0 aromatic rings. The third kappa shape index (κ3) is 3.37. The Labute approximate surface area is 104 Å². The minimum Gasteiger partial charge on any atom is -0.106 e. The van der Waals surface area contributed by atoms with Crippen molar-refractivity contribution in [2.45, 2.75) is 60.3 Å². The SMILES string of the molecule is C=C.CC.CCC1CC2CC(C)[C@H](C)C2C1. The van der Waals surface area contributed by atoms with E-state index in [1.165, 1.54) is 12.8 Å². The van der Waals surface area contributed by atoms with Gasteiger partial charge in [-0.15, -0.1) is 13.2 Å². The summed E-state index contributed by atoms with van der Waals surface area (Å²) in [4.78, 5) is 0. The van der Waals surface area contributed by atoms with Crippen LogP contribution in [0.4, 0.5) is 0 Å². The molecule has 4 unspecified atom stereocenters. The molecule has 0 aromatic heterocycles. The second-order valence-electron chi connectivity index (χ2n) is 5.24. The zero-order valence-corrected chi connectivity index (χ0v) is 12.1. The third-order valence-corrected chi connectivity index (χ3v) is 4.67. The van der Waals surface area contributed by atoms with Crippen LogP contribution in [0.5, 0.6) is 0 Å². The van der Waals surface area contributed by atoms with E-state index >= 15 is 0 Å². The highest BCUT2D eigenvalue weighted by Gasteiger charge is 2.43. The predicted octanol–water partition coefficient (Wildman–Crippen LogP) is 5.54. The van der Waals surface area contributed by atoms with Crippen LogP contribution in [0.3, 0.4) is 0 Å². The van der Waals surface area contributed by atoms with Gasteiger partial charge in [0.1, 0.15) is 0 Å². The maximum absolute atomic E-state index is 3.00. The molecule has 0 radical (unpaired) electrons. The van der Waals surface area contributed by atoms with Gasteiger partial charge in [0.05, 0.1) is 0 Å². The predicted molar refractivity (Wildman–Crippen MR) is 75.5 cm³/mol. The quantitative estimate of drug-likeness (QED) is 0.513. The average molecular weight is 224 g/mol. The summed E-state index contributed by atoms with van der Waals surface area (Å²) in [6.45, 7) is 17.3. The zero-order valence-electron chi connectivity index (χ0n) is 12.1. The number of hydrogen-bond acceptors (Lipinski definition) is 0. The van der Waals surface area contributed by atoms with E-state index in [0.29, 0.717) is 0 Å². The molecule has 5 atom stereocenters. The van der Waals surface area contributed by atoms with Crippen molar-refractivity contribution in [3.05, 3.63) is 13.2 Å². The van der Waals surface area contributed by atoms with Gasteiger partial charge in [-0.05, 0) is 48.9 Å². The van der Waals surface area contributed by atoms with Crippen molar-refractivity contribution in [1.29, 1.82) is 0 Å². The monoisotopic (exact) mass is 224 g/mol. The highest BCUT2D eigenvalue weighted by Crippen LogP contribution is 2.52. The second kappa shape index (κ2) is 7.92. The van der Waals surface area contributed by atoms with Crippen LogP contribution in [0.2, 0.25) is 0 Å². The lowest BCUT2D eigenvalue weighted by molar-refractivity contribution is 0.326. The molecular formula is C16H32. The van der Waals surface area contributed by atoms with Crippen molar-refractivity contribution >= 4 is 0 Å². The lowest BCUT2D eigenvalue weighted by Crippen LogP contribution is -2.09. The molecule has 2 aliphatic carbocycles. The van der Waals surface area contributed by atoms with E-state index in [0.717, 1.165) is 29.6 Å². The maximum atomic E-state index is 3.00. The standard InChI is InChI=1S/C12H22.C2H6.C2H4/c1-4-10-6-11-5-8(2)9(3)12(11)7-10;2*1-2/h8-12H,4-7H2,1-3H3;1-2H3;1-2H2/t8?,9-,10?,11?,12?;;/m0../s1. The molecule has 0 nitrogen and oxygen atoms in total. The van der Waals surface area contributed by atoms with Gasteiger partial charge in [0.2, 0.25) is 0 Å². The summed E-state index contributed by atoms with van der Waals surface area (Å²) in [5.74, 6) is 5.32. The lowest BCUT2D eigenvalue weighted by Gasteiger charge is -2.17. The number of rotatable bonds is 1. The van der Waals surface area contributed by atoms with E-state index in [4.69, 9.17) is 0 Å². The van der Waals surface area contributed by atoms with Crippen molar-refractivity contribution < 1.29 is 0 Å². The van der Waals surface area contributed by atoms with Crippen molar-refractivity contribution in [2.75, 3.05) is 0 Å². The fourth-order valence-corrected chi connectivity index (χ4v) is 3.64. The molecule has 0 aromatic carbocycles. The fraction of sp³-hybridized carbons (Fsp3) is 0.875. The van der Waals surface area contributed by atoms with Gasteiger partial charge in [-0.1, -0.05) is 41.0 Å². The van der Waals surface area contributed by atoms with Gasteiger partial charge >= 0.3 is 0 Å². The fourth-order valence-electron chi connectivity index (χ4n) is 3.64. The molecule has 0 amide bonds. The van der Waals surface area contributed by atoms with Crippen LogP contribution in [0.1, 0.15) is 60.3 Å². The van der Waals surface area contributed by atoms with E-state index in [-0.39, 0.29) is 0 Å². The topological polar surface area (TPSA) is 0 Å². The second-order valence-corrected chi connectivity index (χ2v) is 5.24. The average Bonchev–Trinajstić information content (AvgIpc) is 2.86. The van der Waals surface area contributed by atoms with Crippen molar-refractivity contribution in [2.24, 2.45) is 29.6 Å². The summed E-state index contributed by atoms with van der Waals surface area (Å²) in [5.41, 5.74) is 0. The van der Waals surface area contributed by atoms with Gasteiger partial charge in [0.15, 0.2) is 0 Å². The van der Waals surface area contributed by atoms with Crippen LogP contribution in [0.25, 0.3) is 0 Å². The van der Waals surface area contributed by atoms with Crippen molar-refractivity contribution in [3.63, 3.8) is 0 Å². The molecule has 0 heterocycles.